The van der Waals surface area contributed by atoms with E-state index in [1.165, 1.54) is 22.5 Å². The molecule has 2 aliphatic heterocycles. The van der Waals surface area contributed by atoms with Crippen molar-refractivity contribution in [2.45, 2.75) is 43.7 Å². The molecule has 31 heavy (non-hydrogen) atoms. The van der Waals surface area contributed by atoms with Gasteiger partial charge in [-0.25, -0.2) is 8.42 Å². The second-order valence-electron chi connectivity index (χ2n) is 7.63. The van der Waals surface area contributed by atoms with Gasteiger partial charge in [0, 0.05) is 17.3 Å². The average Bonchev–Trinajstić information content (AvgIpc) is 3.21. The lowest BCUT2D eigenvalue weighted by Gasteiger charge is -2.26. The zero-order valence-electron chi connectivity index (χ0n) is 17.0. The normalized spacial score (nSPS) is 21.2. The van der Waals surface area contributed by atoms with Crippen molar-refractivity contribution in [3.63, 3.8) is 0 Å². The maximum absolute atomic E-state index is 13.3. The Hall–Kier alpha value is -2.62. The Morgan fingerprint density at radius 2 is 2.03 bits per heavy atom. The van der Waals surface area contributed by atoms with Gasteiger partial charge in [0.2, 0.25) is 15.9 Å². The van der Waals surface area contributed by atoms with Gasteiger partial charge in [-0.3, -0.25) is 9.59 Å². The number of carbonyl (C=O) groups is 2. The fourth-order valence-electron chi connectivity index (χ4n) is 3.76. The van der Waals surface area contributed by atoms with E-state index < -0.39 is 28.1 Å². The van der Waals surface area contributed by atoms with E-state index in [0.29, 0.717) is 35.0 Å². The van der Waals surface area contributed by atoms with E-state index in [-0.39, 0.29) is 17.3 Å². The predicted octanol–water partition coefficient (Wildman–Crippen LogP) is 3.16. The minimum absolute atomic E-state index is 0.00734. The Morgan fingerprint density at radius 3 is 2.77 bits per heavy atom. The second-order valence-corrected chi connectivity index (χ2v) is 9.96. The number of halogens is 1. The molecule has 0 saturated carbocycles. The smallest absolute Gasteiger partial charge is 0.265 e. The summed E-state index contributed by atoms with van der Waals surface area (Å²) in [6, 6.07) is 8.56. The summed E-state index contributed by atoms with van der Waals surface area (Å²) in [7, 11) is -3.96. The first kappa shape index (κ1) is 21.6. The molecule has 0 spiro atoms. The van der Waals surface area contributed by atoms with Gasteiger partial charge >= 0.3 is 0 Å². The number of aryl methyl sites for hydroxylation is 1. The number of hydrogen-bond donors (Lipinski definition) is 2. The third kappa shape index (κ3) is 4.13. The van der Waals surface area contributed by atoms with Crippen molar-refractivity contribution in [1.29, 1.82) is 0 Å². The Labute approximate surface area is 185 Å². The third-order valence-corrected chi connectivity index (χ3v) is 7.58. The minimum Gasteiger partial charge on any atom is -0.479 e. The largest absolute Gasteiger partial charge is 0.479 e. The number of amides is 2. The summed E-state index contributed by atoms with van der Waals surface area (Å²) in [5.74, 6) is -0.339. The lowest BCUT2D eigenvalue weighted by molar-refractivity contribution is -0.122. The summed E-state index contributed by atoms with van der Waals surface area (Å²) >= 11 is 5.96. The summed E-state index contributed by atoms with van der Waals surface area (Å²) in [4.78, 5) is 24.8. The van der Waals surface area contributed by atoms with Crippen molar-refractivity contribution in [2.75, 3.05) is 17.2 Å². The Kier molecular flexibility index (Phi) is 5.67. The number of hydrogen-bond acceptors (Lipinski definition) is 5. The molecular formula is C21H22ClN3O5S. The van der Waals surface area contributed by atoms with E-state index in [4.69, 9.17) is 16.3 Å². The molecule has 0 aliphatic carbocycles. The number of ether oxygens (including phenoxy) is 1. The lowest BCUT2D eigenvalue weighted by Crippen LogP contribution is -2.43. The number of benzene rings is 2. The van der Waals surface area contributed by atoms with Gasteiger partial charge in [0.15, 0.2) is 6.10 Å². The monoisotopic (exact) mass is 463 g/mol. The van der Waals surface area contributed by atoms with E-state index >= 15 is 0 Å². The van der Waals surface area contributed by atoms with Crippen LogP contribution in [0.5, 0.6) is 5.75 Å². The summed E-state index contributed by atoms with van der Waals surface area (Å²) in [6.45, 7) is 3.66. The average molecular weight is 464 g/mol. The number of carbonyl (C=O) groups excluding carboxylic acids is 2. The fourth-order valence-corrected chi connectivity index (χ4v) is 5.67. The highest BCUT2D eigenvalue weighted by Crippen LogP contribution is 2.34. The van der Waals surface area contributed by atoms with E-state index in [9.17, 15) is 18.0 Å². The fraction of sp³-hybridized carbons (Fsp3) is 0.333. The van der Waals surface area contributed by atoms with Crippen LogP contribution in [-0.4, -0.2) is 43.2 Å². The predicted molar refractivity (Wildman–Crippen MR) is 117 cm³/mol. The van der Waals surface area contributed by atoms with Crippen LogP contribution < -0.4 is 15.4 Å². The number of rotatable bonds is 4. The molecule has 0 bridgehead atoms. The Bertz CT molecular complexity index is 1170. The van der Waals surface area contributed by atoms with Gasteiger partial charge in [-0.15, -0.1) is 0 Å². The molecule has 2 atom stereocenters. The lowest BCUT2D eigenvalue weighted by atomic mass is 10.1. The number of anilines is 2. The zero-order valence-corrected chi connectivity index (χ0v) is 18.6. The third-order valence-electron chi connectivity index (χ3n) is 5.44. The molecule has 0 aromatic heterocycles. The molecule has 2 heterocycles. The number of fused-ring (bicyclic) bond motifs is 1. The van der Waals surface area contributed by atoms with Crippen molar-refractivity contribution in [3.8, 4) is 5.75 Å². The first-order valence-corrected chi connectivity index (χ1v) is 11.7. The van der Waals surface area contributed by atoms with Crippen LogP contribution in [0.1, 0.15) is 25.3 Å². The summed E-state index contributed by atoms with van der Waals surface area (Å²) in [5.41, 5.74) is 1.66. The molecule has 2 amide bonds. The second kappa shape index (κ2) is 8.14. The van der Waals surface area contributed by atoms with Gasteiger partial charge in [0.25, 0.3) is 5.91 Å². The highest BCUT2D eigenvalue weighted by molar-refractivity contribution is 7.89. The van der Waals surface area contributed by atoms with Crippen molar-refractivity contribution in [3.05, 3.63) is 47.0 Å². The van der Waals surface area contributed by atoms with E-state index in [1.807, 2.05) is 6.92 Å². The van der Waals surface area contributed by atoms with Crippen LogP contribution in [0.2, 0.25) is 5.02 Å². The Morgan fingerprint density at radius 1 is 1.26 bits per heavy atom. The minimum atomic E-state index is -3.96. The Balaban J connectivity index is 1.58. The molecule has 4 rings (SSSR count). The van der Waals surface area contributed by atoms with E-state index in [1.54, 1.807) is 25.1 Å². The summed E-state index contributed by atoms with van der Waals surface area (Å²) in [5, 5.41) is 6.02. The molecule has 2 aliphatic rings. The molecule has 1 saturated heterocycles. The molecule has 8 nitrogen and oxygen atoms in total. The molecular weight excluding hydrogens is 442 g/mol. The number of sulfonamides is 1. The van der Waals surface area contributed by atoms with E-state index in [0.717, 1.165) is 5.56 Å². The van der Waals surface area contributed by atoms with Crippen molar-refractivity contribution < 1.29 is 22.7 Å². The zero-order chi connectivity index (χ0) is 22.3. The van der Waals surface area contributed by atoms with Gasteiger partial charge in [-0.1, -0.05) is 11.6 Å². The van der Waals surface area contributed by atoms with Gasteiger partial charge in [0.1, 0.15) is 11.8 Å². The van der Waals surface area contributed by atoms with Crippen molar-refractivity contribution in [2.24, 2.45) is 0 Å². The first-order chi connectivity index (χ1) is 14.7. The molecule has 2 aromatic rings. The quantitative estimate of drug-likeness (QED) is 0.724. The summed E-state index contributed by atoms with van der Waals surface area (Å²) in [6.07, 6.45) is 0.331. The molecule has 2 aromatic carbocycles. The van der Waals surface area contributed by atoms with Crippen molar-refractivity contribution >= 4 is 44.8 Å². The maximum Gasteiger partial charge on any atom is 0.265 e. The molecule has 164 valence electrons. The van der Waals surface area contributed by atoms with Gasteiger partial charge in [-0.2, -0.15) is 4.31 Å². The van der Waals surface area contributed by atoms with Gasteiger partial charge < -0.3 is 15.4 Å². The SMILES string of the molecule is Cc1cc(Cl)ccc1NC(=O)[C@H]1CCCN1S(=O)(=O)c1ccc2c(c1)NC(=O)[C@H](C)O2. The topological polar surface area (TPSA) is 105 Å². The van der Waals surface area contributed by atoms with Crippen LogP contribution in [0.25, 0.3) is 0 Å². The van der Waals surface area contributed by atoms with Crippen LogP contribution >= 0.6 is 11.6 Å². The van der Waals surface area contributed by atoms with Gasteiger partial charge in [0.05, 0.1) is 10.6 Å². The summed E-state index contributed by atoms with van der Waals surface area (Å²) < 4.78 is 33.3. The molecule has 1 fully saturated rings. The van der Waals surface area contributed by atoms with Crippen LogP contribution in [0.4, 0.5) is 11.4 Å². The highest BCUT2D eigenvalue weighted by Gasteiger charge is 2.40. The number of nitrogens with one attached hydrogen (secondary N) is 2. The molecule has 0 radical (unpaired) electrons. The highest BCUT2D eigenvalue weighted by atomic mass is 35.5. The molecule has 2 N–H and O–H groups in total. The van der Waals surface area contributed by atoms with Gasteiger partial charge in [-0.05, 0) is 68.7 Å². The van der Waals surface area contributed by atoms with Crippen LogP contribution in [-0.2, 0) is 19.6 Å². The molecule has 10 heteroatoms. The van der Waals surface area contributed by atoms with Crippen molar-refractivity contribution in [1.82, 2.24) is 4.31 Å². The first-order valence-electron chi connectivity index (χ1n) is 9.87. The van der Waals surface area contributed by atoms with Crippen LogP contribution in [0, 0.1) is 6.92 Å². The van der Waals surface area contributed by atoms with Crippen LogP contribution in [0.15, 0.2) is 41.3 Å². The standard InChI is InChI=1S/C21H22ClN3O5S/c1-12-10-14(22)5-7-16(12)23-21(27)18-4-3-9-25(18)31(28,29)15-6-8-19-17(11-15)24-20(26)13(2)30-19/h5-8,10-11,13,18H,3-4,9H2,1-2H3,(H,23,27)(H,24,26)/t13-,18+/m0/s1. The van der Waals surface area contributed by atoms with E-state index in [2.05, 4.69) is 10.6 Å². The van der Waals surface area contributed by atoms with Crippen LogP contribution in [0.3, 0.4) is 0 Å². The molecule has 0 unspecified atom stereocenters. The number of nitrogens with zero attached hydrogens (tertiary/aromatic N) is 1. The maximum atomic E-state index is 13.3.